The molecule has 1 aromatic carbocycles. The van der Waals surface area contributed by atoms with Gasteiger partial charge in [0.1, 0.15) is 27.1 Å². The summed E-state index contributed by atoms with van der Waals surface area (Å²) >= 11 is 6.29. The third-order valence-electron chi connectivity index (χ3n) is 2.41. The van der Waals surface area contributed by atoms with Crippen LogP contribution in [0.3, 0.4) is 0 Å². The van der Waals surface area contributed by atoms with E-state index in [2.05, 4.69) is 5.32 Å². The van der Waals surface area contributed by atoms with E-state index in [9.17, 15) is 4.39 Å². The molecule has 0 unspecified atom stereocenters. The van der Waals surface area contributed by atoms with Crippen LogP contribution >= 0.6 is 23.8 Å². The number of nitrogens with zero attached hydrogens (tertiary/aromatic N) is 3. The van der Waals surface area contributed by atoms with E-state index in [-0.39, 0.29) is 5.69 Å². The second kappa shape index (κ2) is 5.19. The minimum absolute atomic E-state index is 0.146. The summed E-state index contributed by atoms with van der Waals surface area (Å²) in [6.07, 6.45) is 0. The third-order valence-corrected chi connectivity index (χ3v) is 3.95. The van der Waals surface area contributed by atoms with Crippen molar-refractivity contribution in [2.45, 2.75) is 0 Å². The minimum atomic E-state index is -0.495. The molecule has 0 radical (unpaired) electrons. The summed E-state index contributed by atoms with van der Waals surface area (Å²) < 4.78 is 15.7. The number of aryl methyl sites for hydroxylation is 1. The van der Waals surface area contributed by atoms with Crippen molar-refractivity contribution < 1.29 is 4.39 Å². The zero-order chi connectivity index (χ0) is 14.0. The summed E-state index contributed by atoms with van der Waals surface area (Å²) in [5.41, 5.74) is 0.776. The van der Waals surface area contributed by atoms with Gasteiger partial charge in [-0.3, -0.25) is 3.96 Å². The van der Waals surface area contributed by atoms with Gasteiger partial charge in [0.15, 0.2) is 0 Å². The van der Waals surface area contributed by atoms with Crippen LogP contribution in [0.2, 0.25) is 0 Å². The predicted octanol–water partition coefficient (Wildman–Crippen LogP) is 3.44. The van der Waals surface area contributed by atoms with Crippen molar-refractivity contribution in [2.24, 2.45) is 7.05 Å². The maximum atomic E-state index is 13.7. The van der Waals surface area contributed by atoms with Gasteiger partial charge >= 0.3 is 0 Å². The number of halogens is 1. The monoisotopic (exact) mass is 290 g/mol. The molecule has 0 fully saturated rings. The van der Waals surface area contributed by atoms with E-state index in [1.54, 1.807) is 11.0 Å². The second-order valence-corrected chi connectivity index (χ2v) is 5.17. The van der Waals surface area contributed by atoms with Gasteiger partial charge in [-0.2, -0.15) is 10.5 Å². The van der Waals surface area contributed by atoms with E-state index in [1.807, 2.05) is 12.1 Å². The molecule has 1 aromatic heterocycles. The largest absolute Gasteiger partial charge is 0.342 e. The van der Waals surface area contributed by atoms with Crippen molar-refractivity contribution in [2.75, 3.05) is 5.32 Å². The number of nitriles is 2. The Bertz CT molecular complexity index is 776. The van der Waals surface area contributed by atoms with Crippen LogP contribution in [0.5, 0.6) is 0 Å². The molecule has 2 aromatic rings. The van der Waals surface area contributed by atoms with Crippen LogP contribution in [0, 0.1) is 33.1 Å². The van der Waals surface area contributed by atoms with E-state index in [0.29, 0.717) is 20.8 Å². The summed E-state index contributed by atoms with van der Waals surface area (Å²) in [5.74, 6) is -0.495. The number of aromatic nitrogens is 1. The molecule has 0 aliphatic carbocycles. The lowest BCUT2D eigenvalue weighted by atomic mass is 10.2. The average Bonchev–Trinajstić information content (AvgIpc) is 2.67. The Morgan fingerprint density at radius 2 is 2.11 bits per heavy atom. The quantitative estimate of drug-likeness (QED) is 0.860. The van der Waals surface area contributed by atoms with Gasteiger partial charge in [0.25, 0.3) is 0 Å². The Labute approximate surface area is 118 Å². The first kappa shape index (κ1) is 13.2. The molecule has 0 bridgehead atoms. The second-order valence-electron chi connectivity index (χ2n) is 3.64. The number of anilines is 2. The van der Waals surface area contributed by atoms with Crippen LogP contribution in [0.1, 0.15) is 11.1 Å². The molecule has 0 atom stereocenters. The number of rotatable bonds is 2. The lowest BCUT2D eigenvalue weighted by molar-refractivity contribution is 0.632. The maximum absolute atomic E-state index is 13.7. The van der Waals surface area contributed by atoms with Gasteiger partial charge in [-0.1, -0.05) is 12.2 Å². The predicted molar refractivity (Wildman–Crippen MR) is 73.2 cm³/mol. The minimum Gasteiger partial charge on any atom is -0.342 e. The summed E-state index contributed by atoms with van der Waals surface area (Å²) in [6.45, 7) is 0. The smallest absolute Gasteiger partial charge is 0.146 e. The normalized spacial score (nSPS) is 9.68. The van der Waals surface area contributed by atoms with Crippen LogP contribution < -0.4 is 5.32 Å². The number of nitrogens with one attached hydrogen (secondary N) is 1. The van der Waals surface area contributed by atoms with E-state index >= 15 is 0 Å². The Kier molecular flexibility index (Phi) is 3.61. The highest BCUT2D eigenvalue weighted by molar-refractivity contribution is 7.71. The molecule has 94 valence electrons. The summed E-state index contributed by atoms with van der Waals surface area (Å²) in [5, 5.41) is 21.1. The van der Waals surface area contributed by atoms with Crippen LogP contribution in [0.15, 0.2) is 18.2 Å². The summed E-state index contributed by atoms with van der Waals surface area (Å²) in [7, 11) is 1.72. The molecular formula is C12H7FN4S2. The summed E-state index contributed by atoms with van der Waals surface area (Å²) in [6, 6.07) is 7.90. The molecule has 0 aliphatic heterocycles. The average molecular weight is 290 g/mol. The Morgan fingerprint density at radius 3 is 2.74 bits per heavy atom. The molecule has 0 saturated carbocycles. The van der Waals surface area contributed by atoms with Crippen molar-refractivity contribution in [1.29, 1.82) is 10.5 Å². The molecule has 0 saturated heterocycles. The van der Waals surface area contributed by atoms with Gasteiger partial charge in [-0.05, 0) is 29.7 Å². The fourth-order valence-corrected chi connectivity index (χ4v) is 2.64. The van der Waals surface area contributed by atoms with Crippen molar-refractivity contribution in [3.05, 3.63) is 39.8 Å². The highest BCUT2D eigenvalue weighted by Crippen LogP contribution is 2.29. The molecule has 0 spiro atoms. The molecular weight excluding hydrogens is 283 g/mol. The standard InChI is InChI=1S/C12H7FN4S2/c1-17-12(18)8(6-15)11(19-17)16-10-4-7(5-14)2-3-9(10)13/h2-4,16H,1H3. The fourth-order valence-electron chi connectivity index (χ4n) is 1.48. The Hall–Kier alpha value is -2.22. The molecule has 0 aliphatic rings. The van der Waals surface area contributed by atoms with Crippen LogP contribution in [-0.2, 0) is 7.05 Å². The highest BCUT2D eigenvalue weighted by Gasteiger charge is 2.12. The zero-order valence-electron chi connectivity index (χ0n) is 9.77. The number of hydrogen-bond acceptors (Lipinski definition) is 5. The van der Waals surface area contributed by atoms with Crippen molar-refractivity contribution >= 4 is 34.4 Å². The lowest BCUT2D eigenvalue weighted by Crippen LogP contribution is -1.94. The first-order valence-electron chi connectivity index (χ1n) is 5.14. The van der Waals surface area contributed by atoms with Crippen molar-refractivity contribution in [3.63, 3.8) is 0 Å². The molecule has 0 amide bonds. The van der Waals surface area contributed by atoms with Crippen LogP contribution in [0.25, 0.3) is 0 Å². The first-order chi connectivity index (χ1) is 9.06. The van der Waals surface area contributed by atoms with Crippen LogP contribution in [-0.4, -0.2) is 3.96 Å². The van der Waals surface area contributed by atoms with Gasteiger partial charge in [-0.15, -0.1) is 0 Å². The van der Waals surface area contributed by atoms with Gasteiger partial charge in [0.05, 0.1) is 17.3 Å². The molecule has 2 rings (SSSR count). The highest BCUT2D eigenvalue weighted by atomic mass is 32.1. The van der Waals surface area contributed by atoms with Gasteiger partial charge in [0.2, 0.25) is 0 Å². The number of benzene rings is 1. The van der Waals surface area contributed by atoms with Crippen molar-refractivity contribution in [1.82, 2.24) is 3.96 Å². The SMILES string of the molecule is Cn1sc(Nc2cc(C#N)ccc2F)c(C#N)c1=S. The zero-order valence-corrected chi connectivity index (χ0v) is 11.4. The molecule has 7 heteroatoms. The Balaban J connectivity index is 2.48. The number of hydrogen-bond donors (Lipinski definition) is 1. The van der Waals surface area contributed by atoms with Gasteiger partial charge in [-0.25, -0.2) is 4.39 Å². The Morgan fingerprint density at radius 1 is 1.37 bits per heavy atom. The molecule has 19 heavy (non-hydrogen) atoms. The van der Waals surface area contributed by atoms with Gasteiger partial charge < -0.3 is 5.32 Å². The molecule has 1 N–H and O–H groups in total. The van der Waals surface area contributed by atoms with Gasteiger partial charge in [0, 0.05) is 7.05 Å². The maximum Gasteiger partial charge on any atom is 0.146 e. The lowest BCUT2D eigenvalue weighted by Gasteiger charge is -2.05. The fraction of sp³-hybridized carbons (Fsp3) is 0.0833. The van der Waals surface area contributed by atoms with E-state index in [0.717, 1.165) is 0 Å². The molecule has 4 nitrogen and oxygen atoms in total. The van der Waals surface area contributed by atoms with E-state index in [4.69, 9.17) is 22.7 Å². The third kappa shape index (κ3) is 2.48. The van der Waals surface area contributed by atoms with E-state index in [1.165, 1.54) is 29.7 Å². The van der Waals surface area contributed by atoms with Crippen LogP contribution in [0.4, 0.5) is 15.1 Å². The van der Waals surface area contributed by atoms with E-state index < -0.39 is 5.82 Å². The summed E-state index contributed by atoms with van der Waals surface area (Å²) in [4.78, 5) is 0. The topological polar surface area (TPSA) is 64.5 Å². The first-order valence-corrected chi connectivity index (χ1v) is 6.32. The molecule has 1 heterocycles. The van der Waals surface area contributed by atoms with Crippen molar-refractivity contribution in [3.8, 4) is 12.1 Å².